The summed E-state index contributed by atoms with van der Waals surface area (Å²) in [5.74, 6) is 0.433. The van der Waals surface area contributed by atoms with Crippen LogP contribution < -0.4 is 0 Å². The highest BCUT2D eigenvalue weighted by Gasteiger charge is 2.34. The molecule has 0 radical (unpaired) electrons. The van der Waals surface area contributed by atoms with Crippen molar-refractivity contribution in [2.24, 2.45) is 5.92 Å². The molecule has 2 rings (SSSR count). The van der Waals surface area contributed by atoms with Crippen molar-refractivity contribution in [3.8, 4) is 0 Å². The zero-order chi connectivity index (χ0) is 13.2. The van der Waals surface area contributed by atoms with E-state index in [2.05, 4.69) is 55.9 Å². The molecule has 0 spiro atoms. The van der Waals surface area contributed by atoms with Gasteiger partial charge >= 0.3 is 0 Å². The second-order valence-electron chi connectivity index (χ2n) is 5.29. The fraction of sp³-hybridized carbons (Fsp3) is 0.375. The number of pyridine rings is 2. The molecule has 2 aromatic rings. The Balaban J connectivity index is 2.54. The Morgan fingerprint density at radius 1 is 1.00 bits per heavy atom. The predicted octanol–water partition coefficient (Wildman–Crippen LogP) is 3.75. The van der Waals surface area contributed by atoms with Crippen molar-refractivity contribution in [3.05, 3.63) is 59.7 Å². The molecule has 1 atom stereocenters. The van der Waals surface area contributed by atoms with Gasteiger partial charge in [0.1, 0.15) is 0 Å². The first-order valence-electron chi connectivity index (χ1n) is 6.40. The van der Waals surface area contributed by atoms with E-state index >= 15 is 0 Å². The smallest absolute Gasteiger partial charge is 0.0542 e. The van der Waals surface area contributed by atoms with E-state index in [1.54, 1.807) is 0 Å². The quantitative estimate of drug-likeness (QED) is 0.816. The molecule has 0 N–H and O–H groups in total. The van der Waals surface area contributed by atoms with Crippen LogP contribution in [0.5, 0.6) is 0 Å². The summed E-state index contributed by atoms with van der Waals surface area (Å²) in [5, 5.41) is 0. The van der Waals surface area contributed by atoms with E-state index in [4.69, 9.17) is 0 Å². The van der Waals surface area contributed by atoms with Gasteiger partial charge in [-0.2, -0.15) is 0 Å². The first kappa shape index (κ1) is 12.7. The second-order valence-corrected chi connectivity index (χ2v) is 5.29. The molecule has 0 bridgehead atoms. The minimum Gasteiger partial charge on any atom is -0.260 e. The molecule has 0 aliphatic heterocycles. The minimum absolute atomic E-state index is 0.144. The normalized spacial score (nSPS) is 14.5. The van der Waals surface area contributed by atoms with Crippen LogP contribution in [0.1, 0.15) is 37.7 Å². The monoisotopic (exact) mass is 240 g/mol. The fourth-order valence-corrected chi connectivity index (χ4v) is 2.17. The number of nitrogens with zero attached hydrogens (tertiary/aromatic N) is 2. The standard InChI is InChI=1S/C16H20N2/c1-12(2)16(4,14-7-5-6-10-17-14)15-9-8-13(3)11-18-15/h5-12H,1-4H3. The molecular weight excluding hydrogens is 220 g/mol. The lowest BCUT2D eigenvalue weighted by Gasteiger charge is -2.32. The van der Waals surface area contributed by atoms with Crippen LogP contribution in [0.3, 0.4) is 0 Å². The molecule has 0 aromatic carbocycles. The molecule has 18 heavy (non-hydrogen) atoms. The van der Waals surface area contributed by atoms with Crippen LogP contribution in [0.15, 0.2) is 42.7 Å². The van der Waals surface area contributed by atoms with Crippen molar-refractivity contribution in [1.82, 2.24) is 9.97 Å². The van der Waals surface area contributed by atoms with Gasteiger partial charge in [-0.1, -0.05) is 26.0 Å². The zero-order valence-corrected chi connectivity index (χ0v) is 11.5. The first-order chi connectivity index (χ1) is 8.55. The van der Waals surface area contributed by atoms with Gasteiger partial charge in [0.15, 0.2) is 0 Å². The minimum atomic E-state index is -0.144. The van der Waals surface area contributed by atoms with Gasteiger partial charge in [0, 0.05) is 12.4 Å². The number of aromatic nitrogens is 2. The maximum absolute atomic E-state index is 4.61. The largest absolute Gasteiger partial charge is 0.260 e. The average molecular weight is 240 g/mol. The third-order valence-corrected chi connectivity index (χ3v) is 3.80. The van der Waals surface area contributed by atoms with Crippen LogP contribution in [0.25, 0.3) is 0 Å². The summed E-state index contributed by atoms with van der Waals surface area (Å²) in [4.78, 5) is 9.14. The highest BCUT2D eigenvalue weighted by molar-refractivity contribution is 5.31. The summed E-state index contributed by atoms with van der Waals surface area (Å²) in [5.41, 5.74) is 3.21. The number of aryl methyl sites for hydroxylation is 1. The predicted molar refractivity (Wildman–Crippen MR) is 74.5 cm³/mol. The van der Waals surface area contributed by atoms with Crippen molar-refractivity contribution >= 4 is 0 Å². The van der Waals surface area contributed by atoms with E-state index in [0.29, 0.717) is 5.92 Å². The lowest BCUT2D eigenvalue weighted by molar-refractivity contribution is 0.385. The Labute approximate surface area is 109 Å². The molecule has 0 saturated heterocycles. The maximum atomic E-state index is 4.61. The number of hydrogen-bond donors (Lipinski definition) is 0. The van der Waals surface area contributed by atoms with Gasteiger partial charge in [-0.25, -0.2) is 0 Å². The van der Waals surface area contributed by atoms with Crippen LogP contribution in [0.4, 0.5) is 0 Å². The van der Waals surface area contributed by atoms with Crippen LogP contribution in [0.2, 0.25) is 0 Å². The van der Waals surface area contributed by atoms with Gasteiger partial charge in [0.2, 0.25) is 0 Å². The Kier molecular flexibility index (Phi) is 3.46. The zero-order valence-electron chi connectivity index (χ0n) is 11.5. The molecule has 2 nitrogen and oxygen atoms in total. The van der Waals surface area contributed by atoms with E-state index < -0.39 is 0 Å². The summed E-state index contributed by atoms with van der Waals surface area (Å²) in [7, 11) is 0. The van der Waals surface area contributed by atoms with Crippen molar-refractivity contribution in [1.29, 1.82) is 0 Å². The molecule has 2 aromatic heterocycles. The average Bonchev–Trinajstić information content (AvgIpc) is 2.39. The number of hydrogen-bond acceptors (Lipinski definition) is 2. The summed E-state index contributed by atoms with van der Waals surface area (Å²) < 4.78 is 0. The second kappa shape index (κ2) is 4.89. The van der Waals surface area contributed by atoms with E-state index in [1.807, 2.05) is 24.5 Å². The molecule has 0 aliphatic rings. The lowest BCUT2D eigenvalue weighted by atomic mass is 9.73. The Morgan fingerprint density at radius 3 is 2.22 bits per heavy atom. The van der Waals surface area contributed by atoms with Crippen LogP contribution in [0, 0.1) is 12.8 Å². The lowest BCUT2D eigenvalue weighted by Crippen LogP contribution is -2.32. The summed E-state index contributed by atoms with van der Waals surface area (Å²) >= 11 is 0. The Bertz CT molecular complexity index is 502. The Morgan fingerprint density at radius 2 is 1.72 bits per heavy atom. The van der Waals surface area contributed by atoms with Gasteiger partial charge in [-0.3, -0.25) is 9.97 Å². The summed E-state index contributed by atoms with van der Waals surface area (Å²) in [6, 6.07) is 10.3. The van der Waals surface area contributed by atoms with Crippen molar-refractivity contribution in [2.75, 3.05) is 0 Å². The van der Waals surface area contributed by atoms with Gasteiger partial charge in [0.05, 0.1) is 16.8 Å². The maximum Gasteiger partial charge on any atom is 0.0542 e. The van der Waals surface area contributed by atoms with Gasteiger partial charge in [-0.05, 0) is 43.5 Å². The van der Waals surface area contributed by atoms with Crippen molar-refractivity contribution in [3.63, 3.8) is 0 Å². The van der Waals surface area contributed by atoms with E-state index in [9.17, 15) is 0 Å². The molecule has 0 aliphatic carbocycles. The van der Waals surface area contributed by atoms with Crippen LogP contribution >= 0.6 is 0 Å². The fourth-order valence-electron chi connectivity index (χ4n) is 2.17. The van der Waals surface area contributed by atoms with E-state index in [1.165, 1.54) is 5.56 Å². The molecule has 2 heterocycles. The van der Waals surface area contributed by atoms with Crippen LogP contribution in [-0.2, 0) is 5.41 Å². The molecule has 0 amide bonds. The van der Waals surface area contributed by atoms with E-state index in [0.717, 1.165) is 11.4 Å². The number of rotatable bonds is 3. The van der Waals surface area contributed by atoms with Gasteiger partial charge in [0.25, 0.3) is 0 Å². The first-order valence-corrected chi connectivity index (χ1v) is 6.40. The van der Waals surface area contributed by atoms with Crippen LogP contribution in [-0.4, -0.2) is 9.97 Å². The van der Waals surface area contributed by atoms with Crippen molar-refractivity contribution in [2.45, 2.75) is 33.1 Å². The Hall–Kier alpha value is -1.70. The highest BCUT2D eigenvalue weighted by atomic mass is 14.8. The van der Waals surface area contributed by atoms with Gasteiger partial charge in [-0.15, -0.1) is 0 Å². The summed E-state index contributed by atoms with van der Waals surface area (Å²) in [6.07, 6.45) is 3.78. The molecular formula is C16H20N2. The van der Waals surface area contributed by atoms with Crippen molar-refractivity contribution < 1.29 is 0 Å². The third-order valence-electron chi connectivity index (χ3n) is 3.80. The third kappa shape index (κ3) is 2.15. The highest BCUT2D eigenvalue weighted by Crippen LogP contribution is 2.36. The molecule has 94 valence electrons. The SMILES string of the molecule is Cc1ccc(C(C)(c2ccccn2)C(C)C)nc1. The van der Waals surface area contributed by atoms with E-state index in [-0.39, 0.29) is 5.41 Å². The molecule has 0 fully saturated rings. The molecule has 1 unspecified atom stereocenters. The molecule has 0 saturated carbocycles. The topological polar surface area (TPSA) is 25.8 Å². The summed E-state index contributed by atoms with van der Waals surface area (Å²) in [6.45, 7) is 8.72. The molecule has 2 heteroatoms. The van der Waals surface area contributed by atoms with Gasteiger partial charge < -0.3 is 0 Å².